The summed E-state index contributed by atoms with van der Waals surface area (Å²) in [6.07, 6.45) is 2.19. The van der Waals surface area contributed by atoms with Crippen LogP contribution in [0.4, 0.5) is 0 Å². The Hall–Kier alpha value is -0.660. The van der Waals surface area contributed by atoms with Gasteiger partial charge in [-0.05, 0) is 24.7 Å². The van der Waals surface area contributed by atoms with Crippen molar-refractivity contribution in [2.24, 2.45) is 17.8 Å². The van der Waals surface area contributed by atoms with Gasteiger partial charge in [-0.25, -0.2) is 0 Å². The van der Waals surface area contributed by atoms with Crippen LogP contribution < -0.4 is 0 Å². The van der Waals surface area contributed by atoms with E-state index in [9.17, 15) is 13.2 Å². The molecule has 0 unspecified atom stereocenters. The lowest BCUT2D eigenvalue weighted by atomic mass is 9.99. The Balaban J connectivity index is 2.08. The molecule has 0 amide bonds. The zero-order valence-corrected chi connectivity index (χ0v) is 12.3. The van der Waals surface area contributed by atoms with Gasteiger partial charge >= 0.3 is 5.97 Å². The lowest BCUT2D eigenvalue weighted by Gasteiger charge is -2.26. The smallest absolute Gasteiger partial charge is 0.308 e. The standard InChI is InChI=1S/C12H22N2O4S/c1-3-13(7-10-4-5-10)19(17,18)14-6-9(2)11(8-14)12(15)16/h9-11H,3-8H2,1-2H3,(H,15,16)/t9-,11-/m1/s1. The van der Waals surface area contributed by atoms with E-state index in [0.717, 1.165) is 12.8 Å². The second-order valence-electron chi connectivity index (χ2n) is 5.64. The van der Waals surface area contributed by atoms with Crippen LogP contribution in [0.15, 0.2) is 0 Å². The first-order valence-corrected chi connectivity index (χ1v) is 8.24. The van der Waals surface area contributed by atoms with Crippen molar-refractivity contribution < 1.29 is 18.3 Å². The van der Waals surface area contributed by atoms with Crippen molar-refractivity contribution in [1.29, 1.82) is 0 Å². The van der Waals surface area contributed by atoms with Crippen LogP contribution >= 0.6 is 0 Å². The van der Waals surface area contributed by atoms with Gasteiger partial charge in [0.05, 0.1) is 5.92 Å². The molecule has 0 radical (unpaired) electrons. The maximum Gasteiger partial charge on any atom is 0.308 e. The molecule has 0 aromatic heterocycles. The fraction of sp³-hybridized carbons (Fsp3) is 0.917. The highest BCUT2D eigenvalue weighted by Gasteiger charge is 2.42. The molecule has 2 atom stereocenters. The molecule has 0 bridgehead atoms. The number of nitrogens with zero attached hydrogens (tertiary/aromatic N) is 2. The van der Waals surface area contributed by atoms with Gasteiger partial charge in [-0.3, -0.25) is 4.79 Å². The minimum absolute atomic E-state index is 0.0972. The lowest BCUT2D eigenvalue weighted by molar-refractivity contribution is -0.142. The van der Waals surface area contributed by atoms with Crippen LogP contribution in [0.1, 0.15) is 26.7 Å². The van der Waals surface area contributed by atoms with Gasteiger partial charge in [0.1, 0.15) is 0 Å². The summed E-state index contributed by atoms with van der Waals surface area (Å²) in [6, 6.07) is 0. The van der Waals surface area contributed by atoms with E-state index in [1.165, 1.54) is 8.61 Å². The van der Waals surface area contributed by atoms with Gasteiger partial charge in [0.15, 0.2) is 0 Å². The minimum Gasteiger partial charge on any atom is -0.481 e. The SMILES string of the molecule is CCN(CC1CC1)S(=O)(=O)N1C[C@@H](C)[C@H](C(=O)O)C1. The normalized spacial score (nSPS) is 29.0. The Morgan fingerprint density at radius 1 is 1.37 bits per heavy atom. The van der Waals surface area contributed by atoms with Crippen molar-refractivity contribution in [3.63, 3.8) is 0 Å². The first kappa shape index (κ1) is 14.7. The number of carboxylic acids is 1. The summed E-state index contributed by atoms with van der Waals surface area (Å²) in [7, 11) is -3.50. The molecule has 110 valence electrons. The van der Waals surface area contributed by atoms with Crippen LogP contribution in [0.5, 0.6) is 0 Å². The molecule has 0 aromatic rings. The molecule has 1 saturated carbocycles. The highest BCUT2D eigenvalue weighted by atomic mass is 32.2. The molecule has 0 spiro atoms. The Morgan fingerprint density at radius 3 is 2.42 bits per heavy atom. The van der Waals surface area contributed by atoms with Crippen LogP contribution in [0, 0.1) is 17.8 Å². The summed E-state index contributed by atoms with van der Waals surface area (Å²) in [5.41, 5.74) is 0. The van der Waals surface area contributed by atoms with Crippen molar-refractivity contribution >= 4 is 16.2 Å². The number of hydrogen-bond acceptors (Lipinski definition) is 3. The second kappa shape index (κ2) is 5.38. The summed E-state index contributed by atoms with van der Waals surface area (Å²) in [6.45, 7) is 5.04. The third-order valence-electron chi connectivity index (χ3n) is 4.06. The molecule has 6 nitrogen and oxygen atoms in total. The average Bonchev–Trinajstić information content (AvgIpc) is 3.06. The molecular formula is C12H22N2O4S. The van der Waals surface area contributed by atoms with Gasteiger partial charge in [-0.2, -0.15) is 17.0 Å². The number of hydrogen-bond donors (Lipinski definition) is 1. The molecule has 2 aliphatic rings. The zero-order chi connectivity index (χ0) is 14.2. The maximum atomic E-state index is 12.5. The van der Waals surface area contributed by atoms with E-state index in [1.807, 2.05) is 6.92 Å². The van der Waals surface area contributed by atoms with Gasteiger partial charge in [-0.1, -0.05) is 13.8 Å². The van der Waals surface area contributed by atoms with Crippen molar-refractivity contribution in [1.82, 2.24) is 8.61 Å². The quantitative estimate of drug-likeness (QED) is 0.777. The molecule has 7 heteroatoms. The lowest BCUT2D eigenvalue weighted by Crippen LogP contribution is -2.44. The molecule has 0 aromatic carbocycles. The first-order valence-electron chi connectivity index (χ1n) is 6.84. The van der Waals surface area contributed by atoms with Gasteiger partial charge in [0.2, 0.25) is 0 Å². The second-order valence-corrected chi connectivity index (χ2v) is 7.57. The van der Waals surface area contributed by atoms with Gasteiger partial charge < -0.3 is 5.11 Å². The van der Waals surface area contributed by atoms with Gasteiger partial charge in [0, 0.05) is 26.2 Å². The zero-order valence-electron chi connectivity index (χ0n) is 11.4. The molecule has 1 aliphatic carbocycles. The van der Waals surface area contributed by atoms with E-state index in [0.29, 0.717) is 25.6 Å². The monoisotopic (exact) mass is 290 g/mol. The highest BCUT2D eigenvalue weighted by Crippen LogP contribution is 2.32. The third-order valence-corrected chi connectivity index (χ3v) is 6.07. The van der Waals surface area contributed by atoms with E-state index in [-0.39, 0.29) is 12.5 Å². The Morgan fingerprint density at radius 2 is 2.00 bits per heavy atom. The summed E-state index contributed by atoms with van der Waals surface area (Å²) < 4.78 is 27.8. The number of rotatable bonds is 6. The first-order chi connectivity index (χ1) is 8.86. The van der Waals surface area contributed by atoms with Crippen LogP contribution in [-0.4, -0.2) is 54.3 Å². The topological polar surface area (TPSA) is 77.9 Å². The fourth-order valence-electron chi connectivity index (χ4n) is 2.57. The van der Waals surface area contributed by atoms with E-state index in [2.05, 4.69) is 0 Å². The maximum absolute atomic E-state index is 12.5. The molecule has 1 saturated heterocycles. The molecular weight excluding hydrogens is 268 g/mol. The number of carboxylic acid groups (broad SMARTS) is 1. The third kappa shape index (κ3) is 3.09. The van der Waals surface area contributed by atoms with Crippen molar-refractivity contribution in [2.45, 2.75) is 26.7 Å². The number of aliphatic carboxylic acids is 1. The molecule has 2 rings (SSSR count). The summed E-state index contributed by atoms with van der Waals surface area (Å²) in [5.74, 6) is -1.14. The number of carbonyl (C=O) groups is 1. The Kier molecular flexibility index (Phi) is 4.17. The average molecular weight is 290 g/mol. The predicted molar refractivity (Wildman–Crippen MR) is 70.8 cm³/mol. The van der Waals surface area contributed by atoms with Crippen molar-refractivity contribution in [2.75, 3.05) is 26.2 Å². The minimum atomic E-state index is -3.50. The molecule has 1 aliphatic heterocycles. The van der Waals surface area contributed by atoms with Crippen molar-refractivity contribution in [3.05, 3.63) is 0 Å². The molecule has 2 fully saturated rings. The fourth-order valence-corrected chi connectivity index (χ4v) is 4.39. The molecule has 1 N–H and O–H groups in total. The van der Waals surface area contributed by atoms with Crippen LogP contribution in [0.2, 0.25) is 0 Å². The van der Waals surface area contributed by atoms with Crippen LogP contribution in [0.25, 0.3) is 0 Å². The summed E-state index contributed by atoms with van der Waals surface area (Å²) in [4.78, 5) is 11.1. The molecule has 19 heavy (non-hydrogen) atoms. The molecule has 1 heterocycles. The Labute approximate surface area is 114 Å². The largest absolute Gasteiger partial charge is 0.481 e. The van der Waals surface area contributed by atoms with E-state index in [1.54, 1.807) is 6.92 Å². The Bertz CT molecular complexity index is 447. The van der Waals surface area contributed by atoms with Crippen LogP contribution in [-0.2, 0) is 15.0 Å². The van der Waals surface area contributed by atoms with E-state index < -0.39 is 22.1 Å². The van der Waals surface area contributed by atoms with Crippen molar-refractivity contribution in [3.8, 4) is 0 Å². The summed E-state index contributed by atoms with van der Waals surface area (Å²) >= 11 is 0. The van der Waals surface area contributed by atoms with Gasteiger partial charge in [0.25, 0.3) is 10.2 Å². The van der Waals surface area contributed by atoms with E-state index in [4.69, 9.17) is 5.11 Å². The van der Waals surface area contributed by atoms with Gasteiger partial charge in [-0.15, -0.1) is 0 Å². The summed E-state index contributed by atoms with van der Waals surface area (Å²) in [5, 5.41) is 9.08. The highest BCUT2D eigenvalue weighted by molar-refractivity contribution is 7.86. The van der Waals surface area contributed by atoms with E-state index >= 15 is 0 Å². The predicted octanol–water partition coefficient (Wildman–Crippen LogP) is 0.616. The van der Waals surface area contributed by atoms with Crippen LogP contribution in [0.3, 0.4) is 0 Å².